The van der Waals surface area contributed by atoms with Gasteiger partial charge in [0.1, 0.15) is 5.75 Å². The smallest absolute Gasteiger partial charge is 0.269 e. The van der Waals surface area contributed by atoms with Crippen molar-refractivity contribution >= 4 is 12.4 Å². The summed E-state index contributed by atoms with van der Waals surface area (Å²) in [4.78, 5) is 14.6. The van der Waals surface area contributed by atoms with Crippen molar-refractivity contribution in [2.75, 3.05) is 32.8 Å². The first kappa shape index (κ1) is 18.4. The van der Waals surface area contributed by atoms with Crippen LogP contribution in [0.15, 0.2) is 35.1 Å². The van der Waals surface area contributed by atoms with Crippen molar-refractivity contribution in [3.05, 3.63) is 46.2 Å². The molecule has 0 atom stereocenters. The number of phenols is 1. The van der Waals surface area contributed by atoms with Crippen LogP contribution in [0.2, 0.25) is 0 Å². The molecular formula is C17H22ClN3O3. The maximum atomic E-state index is 12.3. The number of hydrogen-bond donors (Lipinski definition) is 1. The van der Waals surface area contributed by atoms with Crippen LogP contribution in [0.5, 0.6) is 5.75 Å². The molecule has 1 N–H and O–H groups in total. The molecule has 6 nitrogen and oxygen atoms in total. The highest BCUT2D eigenvalue weighted by atomic mass is 35.5. The second-order valence-corrected chi connectivity index (χ2v) is 5.71. The molecule has 0 unspecified atom stereocenters. The normalized spacial score (nSPS) is 15.0. The maximum absolute atomic E-state index is 12.3. The van der Waals surface area contributed by atoms with Crippen LogP contribution >= 0.6 is 12.4 Å². The van der Waals surface area contributed by atoms with Crippen LogP contribution in [0, 0.1) is 6.92 Å². The minimum absolute atomic E-state index is 0. The molecule has 0 spiro atoms. The number of phenolic OH excluding ortho intramolecular Hbond substituents is 1. The van der Waals surface area contributed by atoms with Crippen molar-refractivity contribution in [2.24, 2.45) is 0 Å². The summed E-state index contributed by atoms with van der Waals surface area (Å²) in [5.74, 6) is 0.165. The van der Waals surface area contributed by atoms with Gasteiger partial charge < -0.3 is 9.84 Å². The van der Waals surface area contributed by atoms with Gasteiger partial charge >= 0.3 is 0 Å². The highest BCUT2D eigenvalue weighted by molar-refractivity contribution is 5.85. The molecule has 1 fully saturated rings. The molecule has 130 valence electrons. The fourth-order valence-electron chi connectivity index (χ4n) is 2.71. The lowest BCUT2D eigenvalue weighted by Crippen LogP contribution is -2.40. The summed E-state index contributed by atoms with van der Waals surface area (Å²) in [6, 6.07) is 8.75. The SMILES string of the molecule is Cc1cc(-c2ccccc2O)nn(CCN2CCOCC2)c1=O.Cl. The number of aromatic hydroxyl groups is 1. The summed E-state index contributed by atoms with van der Waals surface area (Å²) < 4.78 is 6.82. The van der Waals surface area contributed by atoms with Gasteiger partial charge in [-0.05, 0) is 25.1 Å². The number of aryl methyl sites for hydroxylation is 1. The van der Waals surface area contributed by atoms with E-state index in [4.69, 9.17) is 4.74 Å². The number of benzene rings is 1. The largest absolute Gasteiger partial charge is 0.507 e. The van der Waals surface area contributed by atoms with Gasteiger partial charge in [0, 0.05) is 30.8 Å². The van der Waals surface area contributed by atoms with Crippen molar-refractivity contribution in [3.8, 4) is 17.0 Å². The fraction of sp³-hybridized carbons (Fsp3) is 0.412. The molecule has 24 heavy (non-hydrogen) atoms. The molecular weight excluding hydrogens is 330 g/mol. The summed E-state index contributed by atoms with van der Waals surface area (Å²) in [7, 11) is 0. The Hall–Kier alpha value is -1.89. The van der Waals surface area contributed by atoms with E-state index in [1.165, 1.54) is 4.68 Å². The van der Waals surface area contributed by atoms with E-state index in [2.05, 4.69) is 10.00 Å². The van der Waals surface area contributed by atoms with Crippen molar-refractivity contribution < 1.29 is 9.84 Å². The molecule has 1 aromatic heterocycles. The van der Waals surface area contributed by atoms with Crippen molar-refractivity contribution in [3.63, 3.8) is 0 Å². The van der Waals surface area contributed by atoms with Crippen LogP contribution in [0.4, 0.5) is 0 Å². The van der Waals surface area contributed by atoms with Crippen molar-refractivity contribution in [2.45, 2.75) is 13.5 Å². The number of ether oxygens (including phenoxy) is 1. The van der Waals surface area contributed by atoms with E-state index in [1.54, 1.807) is 31.2 Å². The summed E-state index contributed by atoms with van der Waals surface area (Å²) >= 11 is 0. The topological polar surface area (TPSA) is 67.6 Å². The average molecular weight is 352 g/mol. The Kier molecular flexibility index (Phi) is 6.36. The van der Waals surface area contributed by atoms with Crippen LogP contribution in [0.3, 0.4) is 0 Å². The first-order valence-electron chi connectivity index (χ1n) is 7.82. The highest BCUT2D eigenvalue weighted by Gasteiger charge is 2.13. The molecule has 3 rings (SSSR count). The first-order chi connectivity index (χ1) is 11.1. The lowest BCUT2D eigenvalue weighted by molar-refractivity contribution is 0.0358. The molecule has 0 bridgehead atoms. The average Bonchev–Trinajstić information content (AvgIpc) is 2.57. The number of rotatable bonds is 4. The summed E-state index contributed by atoms with van der Waals surface area (Å²) in [6.45, 7) is 6.30. The van der Waals surface area contributed by atoms with Crippen LogP contribution in [-0.4, -0.2) is 52.6 Å². The lowest BCUT2D eigenvalue weighted by atomic mass is 10.1. The number of aromatic nitrogens is 2. The Bertz CT molecular complexity index is 742. The summed E-state index contributed by atoms with van der Waals surface area (Å²) in [6.07, 6.45) is 0. The Morgan fingerprint density at radius 3 is 2.62 bits per heavy atom. The van der Waals surface area contributed by atoms with Crippen LogP contribution < -0.4 is 5.56 Å². The van der Waals surface area contributed by atoms with Gasteiger partial charge in [-0.3, -0.25) is 9.69 Å². The minimum Gasteiger partial charge on any atom is -0.507 e. The molecule has 0 radical (unpaired) electrons. The molecule has 2 aromatic rings. The zero-order valence-corrected chi connectivity index (χ0v) is 14.5. The van der Waals surface area contributed by atoms with Crippen LogP contribution in [0.1, 0.15) is 5.56 Å². The molecule has 1 aliphatic heterocycles. The third-order valence-electron chi connectivity index (χ3n) is 4.07. The van der Waals surface area contributed by atoms with E-state index in [9.17, 15) is 9.90 Å². The van der Waals surface area contributed by atoms with E-state index >= 15 is 0 Å². The molecule has 7 heteroatoms. The highest BCUT2D eigenvalue weighted by Crippen LogP contribution is 2.26. The molecule has 1 saturated heterocycles. The van der Waals surface area contributed by atoms with Gasteiger partial charge in [-0.25, -0.2) is 4.68 Å². The molecule has 1 aromatic carbocycles. The Balaban J connectivity index is 0.00000208. The molecule has 2 heterocycles. The quantitative estimate of drug-likeness (QED) is 0.907. The van der Waals surface area contributed by atoms with Gasteiger partial charge in [0.05, 0.1) is 25.5 Å². The summed E-state index contributed by atoms with van der Waals surface area (Å²) in [5.41, 5.74) is 1.79. The summed E-state index contributed by atoms with van der Waals surface area (Å²) in [5, 5.41) is 14.4. The minimum atomic E-state index is -0.0857. The molecule has 0 saturated carbocycles. The third kappa shape index (κ3) is 4.14. The fourth-order valence-corrected chi connectivity index (χ4v) is 2.71. The van der Waals surface area contributed by atoms with E-state index in [-0.39, 0.29) is 23.7 Å². The first-order valence-corrected chi connectivity index (χ1v) is 7.82. The van der Waals surface area contributed by atoms with Crippen LogP contribution in [0.25, 0.3) is 11.3 Å². The second kappa shape index (κ2) is 8.28. The molecule has 1 aliphatic rings. The maximum Gasteiger partial charge on any atom is 0.269 e. The van der Waals surface area contributed by atoms with Gasteiger partial charge in [0.25, 0.3) is 5.56 Å². The van der Waals surface area contributed by atoms with Crippen molar-refractivity contribution in [1.29, 1.82) is 0 Å². The van der Waals surface area contributed by atoms with E-state index in [1.807, 2.05) is 6.07 Å². The zero-order chi connectivity index (χ0) is 16.2. The predicted octanol–water partition coefficient (Wildman–Crippen LogP) is 1.68. The van der Waals surface area contributed by atoms with Gasteiger partial charge in [-0.1, -0.05) is 12.1 Å². The number of morpholine rings is 1. The molecule has 0 amide bonds. The van der Waals surface area contributed by atoms with Crippen LogP contribution in [-0.2, 0) is 11.3 Å². The predicted molar refractivity (Wildman–Crippen MR) is 94.8 cm³/mol. The van der Waals surface area contributed by atoms with Gasteiger partial charge in [-0.2, -0.15) is 5.10 Å². The van der Waals surface area contributed by atoms with Gasteiger partial charge in [-0.15, -0.1) is 12.4 Å². The standard InChI is InChI=1S/C17H21N3O3.ClH/c1-13-12-15(14-4-2-3-5-16(14)21)18-20(17(13)22)7-6-19-8-10-23-11-9-19;/h2-5,12,21H,6-11H2,1H3;1H. The third-order valence-corrected chi connectivity index (χ3v) is 4.07. The monoisotopic (exact) mass is 351 g/mol. The Morgan fingerprint density at radius 1 is 1.21 bits per heavy atom. The van der Waals surface area contributed by atoms with Gasteiger partial charge in [0.15, 0.2) is 0 Å². The van der Waals surface area contributed by atoms with Crippen molar-refractivity contribution in [1.82, 2.24) is 14.7 Å². The number of nitrogens with zero attached hydrogens (tertiary/aromatic N) is 3. The Morgan fingerprint density at radius 2 is 1.92 bits per heavy atom. The number of para-hydroxylation sites is 1. The van der Waals surface area contributed by atoms with E-state index in [0.717, 1.165) is 32.8 Å². The molecule has 0 aliphatic carbocycles. The zero-order valence-electron chi connectivity index (χ0n) is 13.6. The second-order valence-electron chi connectivity index (χ2n) is 5.71. The Labute approximate surface area is 147 Å². The van der Waals surface area contributed by atoms with E-state index < -0.39 is 0 Å². The van der Waals surface area contributed by atoms with Gasteiger partial charge in [0.2, 0.25) is 0 Å². The van der Waals surface area contributed by atoms with E-state index in [0.29, 0.717) is 23.4 Å². The lowest BCUT2D eigenvalue weighted by Gasteiger charge is -2.26. The number of halogens is 1. The number of hydrogen-bond acceptors (Lipinski definition) is 5.